The van der Waals surface area contributed by atoms with E-state index in [9.17, 15) is 0 Å². The van der Waals surface area contributed by atoms with Gasteiger partial charge in [0.05, 0.1) is 12.7 Å². The van der Waals surface area contributed by atoms with Gasteiger partial charge < -0.3 is 10.1 Å². The van der Waals surface area contributed by atoms with Crippen LogP contribution in [0, 0.1) is 0 Å². The monoisotopic (exact) mass is 191 g/mol. The number of rotatable bonds is 2. The summed E-state index contributed by atoms with van der Waals surface area (Å²) in [7, 11) is 0. The Labute approximate surface area is 85.3 Å². The van der Waals surface area contributed by atoms with E-state index in [4.69, 9.17) is 4.74 Å². The number of morpholine rings is 1. The Kier molecular flexibility index (Phi) is 3.17. The van der Waals surface area contributed by atoms with Crippen LogP contribution in [0.25, 0.3) is 0 Å². The lowest BCUT2D eigenvalue weighted by molar-refractivity contribution is 0.0276. The molecule has 1 unspecified atom stereocenters. The number of ether oxygens (including phenoxy) is 1. The molecule has 1 atom stereocenters. The van der Waals surface area contributed by atoms with Crippen molar-refractivity contribution in [3.8, 4) is 0 Å². The summed E-state index contributed by atoms with van der Waals surface area (Å²) in [6.07, 6.45) is 1.34. The summed E-state index contributed by atoms with van der Waals surface area (Å²) in [5.74, 6) is 0. The van der Waals surface area contributed by atoms with Crippen LogP contribution in [0.15, 0.2) is 24.3 Å². The van der Waals surface area contributed by atoms with Crippen molar-refractivity contribution in [1.82, 2.24) is 5.32 Å². The molecule has 2 rings (SSSR count). The SMILES string of the molecule is CCc1cccc(C2CNCCO2)c1. The van der Waals surface area contributed by atoms with Crippen LogP contribution in [-0.2, 0) is 11.2 Å². The quantitative estimate of drug-likeness (QED) is 0.771. The number of hydrogen-bond donors (Lipinski definition) is 1. The first-order chi connectivity index (χ1) is 6.90. The first-order valence-corrected chi connectivity index (χ1v) is 5.31. The van der Waals surface area contributed by atoms with E-state index in [1.54, 1.807) is 0 Å². The molecule has 0 radical (unpaired) electrons. The van der Waals surface area contributed by atoms with Crippen LogP contribution in [0.3, 0.4) is 0 Å². The Morgan fingerprint density at radius 2 is 2.43 bits per heavy atom. The highest BCUT2D eigenvalue weighted by atomic mass is 16.5. The molecular formula is C12H17NO. The van der Waals surface area contributed by atoms with Gasteiger partial charge in [0, 0.05) is 13.1 Å². The molecule has 1 aliphatic heterocycles. The summed E-state index contributed by atoms with van der Waals surface area (Å²) in [5.41, 5.74) is 2.69. The Hall–Kier alpha value is -0.860. The molecule has 0 bridgehead atoms. The Balaban J connectivity index is 2.13. The van der Waals surface area contributed by atoms with Crippen molar-refractivity contribution in [1.29, 1.82) is 0 Å². The lowest BCUT2D eigenvalue weighted by Crippen LogP contribution is -2.33. The molecule has 2 nitrogen and oxygen atoms in total. The standard InChI is InChI=1S/C12H17NO/c1-2-10-4-3-5-11(8-10)12-9-13-6-7-14-12/h3-5,8,12-13H,2,6-7,9H2,1H3. The molecule has 0 spiro atoms. The maximum atomic E-state index is 5.70. The van der Waals surface area contributed by atoms with Gasteiger partial charge in [-0.15, -0.1) is 0 Å². The lowest BCUT2D eigenvalue weighted by Gasteiger charge is -2.24. The normalized spacial score (nSPS) is 22.2. The third-order valence-corrected chi connectivity index (χ3v) is 2.66. The van der Waals surface area contributed by atoms with E-state index in [1.807, 2.05) is 0 Å². The first kappa shape index (κ1) is 9.69. The predicted octanol–water partition coefficient (Wildman–Crippen LogP) is 1.91. The molecule has 76 valence electrons. The molecule has 1 saturated heterocycles. The molecule has 1 heterocycles. The van der Waals surface area contributed by atoms with Gasteiger partial charge in [-0.1, -0.05) is 31.2 Å². The third kappa shape index (κ3) is 2.14. The Bertz CT molecular complexity index is 292. The molecule has 0 aliphatic carbocycles. The molecule has 0 amide bonds. The van der Waals surface area contributed by atoms with Crippen LogP contribution in [0.2, 0.25) is 0 Å². The van der Waals surface area contributed by atoms with E-state index in [-0.39, 0.29) is 6.10 Å². The van der Waals surface area contributed by atoms with Gasteiger partial charge in [-0.3, -0.25) is 0 Å². The minimum absolute atomic E-state index is 0.246. The zero-order chi connectivity index (χ0) is 9.80. The topological polar surface area (TPSA) is 21.3 Å². The molecule has 1 aromatic carbocycles. The van der Waals surface area contributed by atoms with Crippen molar-refractivity contribution in [3.63, 3.8) is 0 Å². The largest absolute Gasteiger partial charge is 0.371 e. The number of benzene rings is 1. The van der Waals surface area contributed by atoms with Gasteiger partial charge in [-0.2, -0.15) is 0 Å². The first-order valence-electron chi connectivity index (χ1n) is 5.31. The van der Waals surface area contributed by atoms with E-state index in [2.05, 4.69) is 36.5 Å². The molecule has 1 fully saturated rings. The molecule has 1 N–H and O–H groups in total. The average molecular weight is 191 g/mol. The van der Waals surface area contributed by atoms with E-state index in [1.165, 1.54) is 11.1 Å². The Morgan fingerprint density at radius 1 is 1.50 bits per heavy atom. The van der Waals surface area contributed by atoms with Crippen LogP contribution >= 0.6 is 0 Å². The van der Waals surface area contributed by atoms with Crippen molar-refractivity contribution < 1.29 is 4.74 Å². The molecule has 0 saturated carbocycles. The smallest absolute Gasteiger partial charge is 0.0949 e. The summed E-state index contributed by atoms with van der Waals surface area (Å²) in [4.78, 5) is 0. The van der Waals surface area contributed by atoms with Crippen molar-refractivity contribution in [2.45, 2.75) is 19.4 Å². The second-order valence-corrected chi connectivity index (χ2v) is 3.66. The Morgan fingerprint density at radius 3 is 3.14 bits per heavy atom. The van der Waals surface area contributed by atoms with Crippen LogP contribution in [0.4, 0.5) is 0 Å². The minimum Gasteiger partial charge on any atom is -0.371 e. The highest BCUT2D eigenvalue weighted by molar-refractivity contribution is 5.25. The van der Waals surface area contributed by atoms with E-state index < -0.39 is 0 Å². The van der Waals surface area contributed by atoms with Gasteiger partial charge >= 0.3 is 0 Å². The van der Waals surface area contributed by atoms with Crippen LogP contribution in [0.5, 0.6) is 0 Å². The second kappa shape index (κ2) is 4.58. The lowest BCUT2D eigenvalue weighted by atomic mass is 10.0. The summed E-state index contributed by atoms with van der Waals surface area (Å²) in [6.45, 7) is 4.91. The van der Waals surface area contributed by atoms with E-state index >= 15 is 0 Å². The van der Waals surface area contributed by atoms with Crippen LogP contribution < -0.4 is 5.32 Å². The van der Waals surface area contributed by atoms with Crippen LogP contribution in [-0.4, -0.2) is 19.7 Å². The summed E-state index contributed by atoms with van der Waals surface area (Å²) in [6, 6.07) is 8.68. The van der Waals surface area contributed by atoms with Gasteiger partial charge in [0.2, 0.25) is 0 Å². The van der Waals surface area contributed by atoms with Crippen molar-refractivity contribution in [2.24, 2.45) is 0 Å². The average Bonchev–Trinajstić information content (AvgIpc) is 2.30. The minimum atomic E-state index is 0.246. The maximum Gasteiger partial charge on any atom is 0.0949 e. The highest BCUT2D eigenvalue weighted by Crippen LogP contribution is 2.19. The van der Waals surface area contributed by atoms with Gasteiger partial charge in [0.15, 0.2) is 0 Å². The second-order valence-electron chi connectivity index (χ2n) is 3.66. The summed E-state index contributed by atoms with van der Waals surface area (Å²) in [5, 5.41) is 3.35. The maximum absolute atomic E-state index is 5.70. The summed E-state index contributed by atoms with van der Waals surface area (Å²) < 4.78 is 5.70. The molecular weight excluding hydrogens is 174 g/mol. The van der Waals surface area contributed by atoms with Gasteiger partial charge in [0.1, 0.15) is 0 Å². The van der Waals surface area contributed by atoms with E-state index in [0.29, 0.717) is 0 Å². The third-order valence-electron chi connectivity index (χ3n) is 2.66. The van der Waals surface area contributed by atoms with Gasteiger partial charge in [-0.25, -0.2) is 0 Å². The zero-order valence-electron chi connectivity index (χ0n) is 8.62. The number of aryl methyl sites for hydroxylation is 1. The van der Waals surface area contributed by atoms with Gasteiger partial charge in [-0.05, 0) is 17.5 Å². The molecule has 14 heavy (non-hydrogen) atoms. The summed E-state index contributed by atoms with van der Waals surface area (Å²) >= 11 is 0. The fourth-order valence-electron chi connectivity index (χ4n) is 1.79. The highest BCUT2D eigenvalue weighted by Gasteiger charge is 2.15. The van der Waals surface area contributed by atoms with E-state index in [0.717, 1.165) is 26.1 Å². The fraction of sp³-hybridized carbons (Fsp3) is 0.500. The molecule has 1 aromatic rings. The molecule has 1 aliphatic rings. The fourth-order valence-corrected chi connectivity index (χ4v) is 1.79. The number of nitrogens with one attached hydrogen (secondary N) is 1. The predicted molar refractivity (Wildman–Crippen MR) is 57.4 cm³/mol. The molecule has 0 aromatic heterocycles. The van der Waals surface area contributed by atoms with Crippen molar-refractivity contribution >= 4 is 0 Å². The zero-order valence-corrected chi connectivity index (χ0v) is 8.62. The van der Waals surface area contributed by atoms with Gasteiger partial charge in [0.25, 0.3) is 0 Å². The molecule has 2 heteroatoms. The number of hydrogen-bond acceptors (Lipinski definition) is 2. The van der Waals surface area contributed by atoms with Crippen molar-refractivity contribution in [3.05, 3.63) is 35.4 Å². The van der Waals surface area contributed by atoms with Crippen molar-refractivity contribution in [2.75, 3.05) is 19.7 Å². The van der Waals surface area contributed by atoms with Crippen LogP contribution in [0.1, 0.15) is 24.2 Å².